The largest absolute Gasteiger partial charge is 0.354 e. The summed E-state index contributed by atoms with van der Waals surface area (Å²) in [5, 5.41) is 0.982. The molecule has 2 saturated heterocycles. The van der Waals surface area contributed by atoms with E-state index >= 15 is 0 Å². The van der Waals surface area contributed by atoms with Crippen LogP contribution in [0, 0.1) is 11.3 Å². The molecule has 25 heavy (non-hydrogen) atoms. The van der Waals surface area contributed by atoms with Crippen LogP contribution in [-0.4, -0.2) is 39.5 Å². The molecule has 1 amide bonds. The highest BCUT2D eigenvalue weighted by molar-refractivity contribution is 9.09. The minimum atomic E-state index is -0.456. The number of rotatable bonds is 7. The van der Waals surface area contributed by atoms with Gasteiger partial charge in [-0.2, -0.15) is 0 Å². The number of fused-ring (bicyclic) bond motifs is 1. The Morgan fingerprint density at radius 3 is 2.88 bits per heavy atom. The minimum absolute atomic E-state index is 0.185. The molecule has 5 heteroatoms. The summed E-state index contributed by atoms with van der Waals surface area (Å²) in [6, 6.07) is 4.22. The number of hydrogen-bond acceptors (Lipinski definition) is 3. The Balaban J connectivity index is 1.91. The molecule has 3 heterocycles. The fraction of sp³-hybridized carbons (Fsp3) is 0.700. The van der Waals surface area contributed by atoms with Crippen molar-refractivity contribution in [2.45, 2.75) is 64.6 Å². The average Bonchev–Trinajstić information content (AvgIpc) is 3.01. The van der Waals surface area contributed by atoms with Crippen LogP contribution in [-0.2, 0) is 16.0 Å². The van der Waals surface area contributed by atoms with E-state index in [4.69, 9.17) is 4.74 Å². The van der Waals surface area contributed by atoms with Crippen molar-refractivity contribution in [2.75, 3.05) is 11.9 Å². The molecule has 2 aliphatic rings. The number of amides is 1. The van der Waals surface area contributed by atoms with Gasteiger partial charge in [0.15, 0.2) is 0 Å². The van der Waals surface area contributed by atoms with Crippen LogP contribution in [0.3, 0.4) is 0 Å². The summed E-state index contributed by atoms with van der Waals surface area (Å²) in [6.45, 7) is 7.12. The van der Waals surface area contributed by atoms with Crippen LogP contribution < -0.4 is 0 Å². The molecule has 2 aliphatic heterocycles. The molecule has 1 aromatic heterocycles. The molecule has 3 atom stereocenters. The number of carbonyl (C=O) groups excluding carboxylic acids is 1. The van der Waals surface area contributed by atoms with Crippen LogP contribution in [0.1, 0.15) is 52.0 Å². The first kappa shape index (κ1) is 18.8. The van der Waals surface area contributed by atoms with Gasteiger partial charge in [0.05, 0.1) is 18.1 Å². The SMILES string of the molecule is CC(C)[C@H]1CO[C@]2(C)C[C@](CCCCBr)(Cc3cccnc3)C(=O)N12. The molecular weight excluding hydrogens is 380 g/mol. The van der Waals surface area contributed by atoms with E-state index in [1.807, 2.05) is 12.3 Å². The summed E-state index contributed by atoms with van der Waals surface area (Å²) in [7, 11) is 0. The number of alkyl halides is 1. The number of unbranched alkanes of at least 4 members (excludes halogenated alkanes) is 1. The lowest BCUT2D eigenvalue weighted by atomic mass is 9.74. The summed E-state index contributed by atoms with van der Waals surface area (Å²) >= 11 is 3.52. The zero-order valence-electron chi connectivity index (χ0n) is 15.5. The lowest BCUT2D eigenvalue weighted by Gasteiger charge is -2.32. The molecule has 138 valence electrons. The molecule has 0 aromatic carbocycles. The molecule has 0 spiro atoms. The number of carbonyl (C=O) groups is 1. The summed E-state index contributed by atoms with van der Waals surface area (Å²) in [4.78, 5) is 20.0. The molecule has 1 aromatic rings. The molecule has 3 rings (SSSR count). The fourth-order valence-corrected chi connectivity index (χ4v) is 4.98. The maximum Gasteiger partial charge on any atom is 0.231 e. The highest BCUT2D eigenvalue weighted by Gasteiger charge is 2.62. The highest BCUT2D eigenvalue weighted by Crippen LogP contribution is 2.52. The first-order valence-corrected chi connectivity index (χ1v) is 10.5. The third-order valence-electron chi connectivity index (χ3n) is 5.82. The number of halogens is 1. The molecule has 0 bridgehead atoms. The Labute approximate surface area is 159 Å². The summed E-state index contributed by atoms with van der Waals surface area (Å²) in [5.74, 6) is 0.687. The molecule has 0 N–H and O–H groups in total. The highest BCUT2D eigenvalue weighted by atomic mass is 79.9. The first-order chi connectivity index (χ1) is 11.9. The van der Waals surface area contributed by atoms with Gasteiger partial charge in [-0.25, -0.2) is 0 Å². The average molecular weight is 409 g/mol. The van der Waals surface area contributed by atoms with E-state index in [0.29, 0.717) is 12.5 Å². The second-order valence-electron chi connectivity index (χ2n) is 8.11. The molecule has 0 radical (unpaired) electrons. The van der Waals surface area contributed by atoms with Crippen molar-refractivity contribution < 1.29 is 9.53 Å². The van der Waals surface area contributed by atoms with Crippen LogP contribution in [0.15, 0.2) is 24.5 Å². The van der Waals surface area contributed by atoms with Gasteiger partial charge in [-0.05, 0) is 43.7 Å². The van der Waals surface area contributed by atoms with Crippen LogP contribution in [0.2, 0.25) is 0 Å². The van der Waals surface area contributed by atoms with Gasteiger partial charge < -0.3 is 9.64 Å². The molecular formula is C20H29BrN2O2. The quantitative estimate of drug-likeness (QED) is 0.501. The normalized spacial score (nSPS) is 31.8. The van der Waals surface area contributed by atoms with Crippen LogP contribution in [0.25, 0.3) is 0 Å². The van der Waals surface area contributed by atoms with Gasteiger partial charge in [0.1, 0.15) is 5.72 Å². The van der Waals surface area contributed by atoms with Crippen LogP contribution >= 0.6 is 15.9 Å². The summed E-state index contributed by atoms with van der Waals surface area (Å²) in [6.07, 6.45) is 8.26. The maximum absolute atomic E-state index is 13.6. The number of pyridine rings is 1. The lowest BCUT2D eigenvalue weighted by Crippen LogP contribution is -2.47. The van der Waals surface area contributed by atoms with Crippen molar-refractivity contribution in [1.29, 1.82) is 0 Å². The van der Waals surface area contributed by atoms with Gasteiger partial charge in [0.25, 0.3) is 0 Å². The zero-order valence-corrected chi connectivity index (χ0v) is 17.1. The second-order valence-corrected chi connectivity index (χ2v) is 8.91. The molecule has 4 nitrogen and oxygen atoms in total. The molecule has 0 aliphatic carbocycles. The van der Waals surface area contributed by atoms with Crippen molar-refractivity contribution in [3.8, 4) is 0 Å². The van der Waals surface area contributed by atoms with Crippen LogP contribution in [0.5, 0.6) is 0 Å². The van der Waals surface area contributed by atoms with E-state index in [2.05, 4.69) is 52.7 Å². The smallest absolute Gasteiger partial charge is 0.231 e. The van der Waals surface area contributed by atoms with Crippen molar-refractivity contribution in [2.24, 2.45) is 11.3 Å². The van der Waals surface area contributed by atoms with Crippen molar-refractivity contribution >= 4 is 21.8 Å². The number of aromatic nitrogens is 1. The van der Waals surface area contributed by atoms with Gasteiger partial charge >= 0.3 is 0 Å². The van der Waals surface area contributed by atoms with E-state index in [1.165, 1.54) is 0 Å². The van der Waals surface area contributed by atoms with E-state index in [9.17, 15) is 4.79 Å². The van der Waals surface area contributed by atoms with Crippen molar-refractivity contribution in [1.82, 2.24) is 9.88 Å². The molecule has 2 fully saturated rings. The van der Waals surface area contributed by atoms with E-state index in [0.717, 1.165) is 43.0 Å². The minimum Gasteiger partial charge on any atom is -0.354 e. The summed E-state index contributed by atoms with van der Waals surface area (Å²) in [5.41, 5.74) is 0.316. The predicted octanol–water partition coefficient (Wildman–Crippen LogP) is 4.18. The van der Waals surface area contributed by atoms with E-state index in [1.54, 1.807) is 6.20 Å². The third kappa shape index (κ3) is 3.50. The third-order valence-corrected chi connectivity index (χ3v) is 6.38. The number of nitrogens with zero attached hydrogens (tertiary/aromatic N) is 2. The zero-order chi connectivity index (χ0) is 18.1. The van der Waals surface area contributed by atoms with Crippen molar-refractivity contribution in [3.63, 3.8) is 0 Å². The first-order valence-electron chi connectivity index (χ1n) is 9.34. The Morgan fingerprint density at radius 2 is 2.24 bits per heavy atom. The Hall–Kier alpha value is -0.940. The summed E-state index contributed by atoms with van der Waals surface area (Å²) < 4.78 is 6.19. The maximum atomic E-state index is 13.6. The predicted molar refractivity (Wildman–Crippen MR) is 102 cm³/mol. The van der Waals surface area contributed by atoms with Crippen molar-refractivity contribution in [3.05, 3.63) is 30.1 Å². The molecule has 0 unspecified atom stereocenters. The number of hydrogen-bond donors (Lipinski definition) is 0. The number of ether oxygens (including phenoxy) is 1. The lowest BCUT2D eigenvalue weighted by molar-refractivity contribution is -0.142. The Kier molecular flexibility index (Phi) is 5.54. The Bertz CT molecular complexity index is 609. The fourth-order valence-electron chi connectivity index (χ4n) is 4.58. The Morgan fingerprint density at radius 1 is 1.44 bits per heavy atom. The van der Waals surface area contributed by atoms with E-state index < -0.39 is 5.72 Å². The topological polar surface area (TPSA) is 42.4 Å². The monoisotopic (exact) mass is 408 g/mol. The van der Waals surface area contributed by atoms with Gasteiger partial charge in [0, 0.05) is 24.1 Å². The van der Waals surface area contributed by atoms with Gasteiger partial charge in [-0.15, -0.1) is 0 Å². The van der Waals surface area contributed by atoms with Gasteiger partial charge in [-0.3, -0.25) is 9.78 Å². The van der Waals surface area contributed by atoms with Gasteiger partial charge in [-0.1, -0.05) is 42.3 Å². The molecule has 0 saturated carbocycles. The van der Waals surface area contributed by atoms with E-state index in [-0.39, 0.29) is 17.4 Å². The second kappa shape index (κ2) is 7.36. The standard InChI is InChI=1S/C20H29BrN2O2/c1-15(2)17-13-25-19(3)14-20(8-4-5-9-21,18(24)23(17)19)11-16-7-6-10-22-12-16/h6-7,10,12,15,17H,4-5,8-9,11,13-14H2,1-3H3/t17-,19-,20+/m1/s1. The van der Waals surface area contributed by atoms with Crippen LogP contribution in [0.4, 0.5) is 0 Å². The van der Waals surface area contributed by atoms with Gasteiger partial charge in [0.2, 0.25) is 5.91 Å².